The molecule has 0 bridgehead atoms. The van der Waals surface area contributed by atoms with Gasteiger partial charge in [0.15, 0.2) is 0 Å². The van der Waals surface area contributed by atoms with E-state index in [0.717, 1.165) is 24.2 Å². The molecule has 0 radical (unpaired) electrons. The highest BCUT2D eigenvalue weighted by molar-refractivity contribution is 5.75. The number of nitrogens with two attached hydrogens (primary N) is 1. The normalized spacial score (nSPS) is 14.1. The second-order valence-corrected chi connectivity index (χ2v) is 6.30. The van der Waals surface area contributed by atoms with Gasteiger partial charge in [0.25, 0.3) is 0 Å². The zero-order valence-corrected chi connectivity index (χ0v) is 11.8. The maximum Gasteiger partial charge on any atom is 0.111 e. The van der Waals surface area contributed by atoms with Crippen molar-refractivity contribution in [3.63, 3.8) is 0 Å². The van der Waals surface area contributed by atoms with E-state index in [1.165, 1.54) is 5.52 Å². The molecule has 0 saturated carbocycles. The van der Waals surface area contributed by atoms with Gasteiger partial charge in [-0.3, -0.25) is 0 Å². The van der Waals surface area contributed by atoms with Crippen LogP contribution in [0.1, 0.15) is 33.0 Å². The van der Waals surface area contributed by atoms with E-state index in [-0.39, 0.29) is 11.5 Å². The quantitative estimate of drug-likeness (QED) is 0.903. The summed E-state index contributed by atoms with van der Waals surface area (Å²) in [5.74, 6) is 1.08. The second kappa shape index (κ2) is 4.73. The average Bonchev–Trinajstić information content (AvgIpc) is 2.54. The van der Waals surface area contributed by atoms with E-state index in [1.54, 1.807) is 0 Å². The van der Waals surface area contributed by atoms with Crippen LogP contribution in [-0.4, -0.2) is 15.6 Å². The predicted molar refractivity (Wildman–Crippen MR) is 76.5 cm³/mol. The number of benzene rings is 1. The fraction of sp³-hybridized carbons (Fsp3) is 0.533. The Morgan fingerprint density at radius 1 is 1.28 bits per heavy atom. The first-order chi connectivity index (χ1) is 8.37. The van der Waals surface area contributed by atoms with Crippen molar-refractivity contribution in [3.05, 3.63) is 30.1 Å². The van der Waals surface area contributed by atoms with Gasteiger partial charge in [0, 0.05) is 19.5 Å². The molecule has 0 aliphatic carbocycles. The van der Waals surface area contributed by atoms with Gasteiger partial charge in [-0.05, 0) is 24.0 Å². The SMILES string of the molecule is Cn1c(CC(N)CC(C)(C)C)nc2ccccc21. The second-order valence-electron chi connectivity index (χ2n) is 6.30. The number of hydrogen-bond acceptors (Lipinski definition) is 2. The standard InChI is InChI=1S/C15H23N3/c1-15(2,3)10-11(16)9-14-17-12-7-5-6-8-13(12)18(14)4/h5-8,11H,9-10,16H2,1-4H3. The summed E-state index contributed by atoms with van der Waals surface area (Å²) < 4.78 is 2.15. The Kier molecular flexibility index (Phi) is 3.44. The maximum atomic E-state index is 6.23. The summed E-state index contributed by atoms with van der Waals surface area (Å²) in [4.78, 5) is 4.67. The molecule has 2 rings (SSSR count). The number of fused-ring (bicyclic) bond motifs is 1. The van der Waals surface area contributed by atoms with E-state index < -0.39 is 0 Å². The molecule has 0 saturated heterocycles. The monoisotopic (exact) mass is 245 g/mol. The number of para-hydroxylation sites is 2. The van der Waals surface area contributed by atoms with Gasteiger partial charge in [0.2, 0.25) is 0 Å². The van der Waals surface area contributed by atoms with Crippen molar-refractivity contribution >= 4 is 11.0 Å². The lowest BCUT2D eigenvalue weighted by molar-refractivity contribution is 0.335. The fourth-order valence-corrected chi connectivity index (χ4v) is 2.47. The van der Waals surface area contributed by atoms with Crippen LogP contribution in [0.4, 0.5) is 0 Å². The summed E-state index contributed by atoms with van der Waals surface area (Å²) in [6.45, 7) is 6.67. The van der Waals surface area contributed by atoms with Crippen LogP contribution in [0.25, 0.3) is 11.0 Å². The molecule has 1 unspecified atom stereocenters. The Balaban J connectivity index is 2.19. The van der Waals surface area contributed by atoms with Crippen LogP contribution >= 0.6 is 0 Å². The Bertz CT molecular complexity index is 534. The van der Waals surface area contributed by atoms with Crippen molar-refractivity contribution in [1.82, 2.24) is 9.55 Å². The van der Waals surface area contributed by atoms with E-state index in [1.807, 2.05) is 18.2 Å². The van der Waals surface area contributed by atoms with Gasteiger partial charge in [-0.1, -0.05) is 32.9 Å². The van der Waals surface area contributed by atoms with Crippen molar-refractivity contribution in [1.29, 1.82) is 0 Å². The minimum Gasteiger partial charge on any atom is -0.331 e. The summed E-state index contributed by atoms with van der Waals surface area (Å²) >= 11 is 0. The molecule has 3 heteroatoms. The molecule has 0 spiro atoms. The molecule has 1 aromatic carbocycles. The lowest BCUT2D eigenvalue weighted by Crippen LogP contribution is -2.29. The van der Waals surface area contributed by atoms with Crippen LogP contribution in [0.15, 0.2) is 24.3 Å². The lowest BCUT2D eigenvalue weighted by atomic mass is 9.87. The molecular formula is C15H23N3. The molecule has 2 N–H and O–H groups in total. The Morgan fingerprint density at radius 3 is 2.56 bits per heavy atom. The summed E-state index contributed by atoms with van der Waals surface area (Å²) in [6.07, 6.45) is 1.85. The van der Waals surface area contributed by atoms with Crippen LogP contribution in [-0.2, 0) is 13.5 Å². The first kappa shape index (κ1) is 13.1. The molecule has 0 fully saturated rings. The van der Waals surface area contributed by atoms with E-state index in [9.17, 15) is 0 Å². The summed E-state index contributed by atoms with van der Waals surface area (Å²) in [6, 6.07) is 8.38. The van der Waals surface area contributed by atoms with Crippen molar-refractivity contribution in [2.45, 2.75) is 39.7 Å². The molecule has 0 amide bonds. The zero-order valence-electron chi connectivity index (χ0n) is 11.8. The Labute approximate surface area is 109 Å². The highest BCUT2D eigenvalue weighted by atomic mass is 15.1. The fourth-order valence-electron chi connectivity index (χ4n) is 2.47. The number of rotatable bonds is 3. The lowest BCUT2D eigenvalue weighted by Gasteiger charge is -2.22. The van der Waals surface area contributed by atoms with Crippen molar-refractivity contribution in [3.8, 4) is 0 Å². The highest BCUT2D eigenvalue weighted by Crippen LogP contribution is 2.22. The number of aromatic nitrogens is 2. The highest BCUT2D eigenvalue weighted by Gasteiger charge is 2.18. The smallest absolute Gasteiger partial charge is 0.111 e. The Morgan fingerprint density at radius 2 is 1.94 bits per heavy atom. The van der Waals surface area contributed by atoms with Crippen LogP contribution in [0, 0.1) is 5.41 Å². The number of hydrogen-bond donors (Lipinski definition) is 1. The average molecular weight is 245 g/mol. The topological polar surface area (TPSA) is 43.8 Å². The third-order valence-corrected chi connectivity index (χ3v) is 3.20. The van der Waals surface area contributed by atoms with Gasteiger partial charge in [-0.25, -0.2) is 4.98 Å². The zero-order chi connectivity index (χ0) is 13.3. The first-order valence-corrected chi connectivity index (χ1v) is 6.53. The Hall–Kier alpha value is -1.35. The van der Waals surface area contributed by atoms with Crippen LogP contribution < -0.4 is 5.73 Å². The minimum atomic E-state index is 0.167. The predicted octanol–water partition coefficient (Wildman–Crippen LogP) is 2.88. The van der Waals surface area contributed by atoms with Gasteiger partial charge < -0.3 is 10.3 Å². The van der Waals surface area contributed by atoms with E-state index in [4.69, 9.17) is 5.73 Å². The molecule has 1 atom stereocenters. The molecule has 98 valence electrons. The van der Waals surface area contributed by atoms with Gasteiger partial charge in [-0.15, -0.1) is 0 Å². The molecule has 0 aliphatic rings. The number of imidazole rings is 1. The van der Waals surface area contributed by atoms with Gasteiger partial charge in [0.05, 0.1) is 11.0 Å². The van der Waals surface area contributed by atoms with E-state index in [2.05, 4.69) is 43.4 Å². The number of nitrogens with zero attached hydrogens (tertiary/aromatic N) is 2. The summed E-state index contributed by atoms with van der Waals surface area (Å²) in [5, 5.41) is 0. The van der Waals surface area contributed by atoms with Crippen LogP contribution in [0.3, 0.4) is 0 Å². The molecule has 1 aromatic heterocycles. The largest absolute Gasteiger partial charge is 0.331 e. The summed E-state index contributed by atoms with van der Waals surface area (Å²) in [5.41, 5.74) is 8.73. The first-order valence-electron chi connectivity index (χ1n) is 6.53. The van der Waals surface area contributed by atoms with E-state index in [0.29, 0.717) is 0 Å². The van der Waals surface area contributed by atoms with Gasteiger partial charge >= 0.3 is 0 Å². The molecule has 3 nitrogen and oxygen atoms in total. The minimum absolute atomic E-state index is 0.167. The molecular weight excluding hydrogens is 222 g/mol. The third-order valence-electron chi connectivity index (χ3n) is 3.20. The molecule has 2 aromatic rings. The molecule has 0 aliphatic heterocycles. The molecule has 1 heterocycles. The van der Waals surface area contributed by atoms with E-state index >= 15 is 0 Å². The van der Waals surface area contributed by atoms with Crippen LogP contribution in [0.5, 0.6) is 0 Å². The molecule has 18 heavy (non-hydrogen) atoms. The third kappa shape index (κ3) is 2.91. The van der Waals surface area contributed by atoms with Crippen LogP contribution in [0.2, 0.25) is 0 Å². The van der Waals surface area contributed by atoms with Gasteiger partial charge in [0.1, 0.15) is 5.82 Å². The van der Waals surface area contributed by atoms with Crippen molar-refractivity contribution in [2.24, 2.45) is 18.2 Å². The van der Waals surface area contributed by atoms with Crippen molar-refractivity contribution < 1.29 is 0 Å². The van der Waals surface area contributed by atoms with Gasteiger partial charge in [-0.2, -0.15) is 0 Å². The summed E-state index contributed by atoms with van der Waals surface area (Å²) in [7, 11) is 2.06. The maximum absolute atomic E-state index is 6.23. The number of aryl methyl sites for hydroxylation is 1. The van der Waals surface area contributed by atoms with Crippen molar-refractivity contribution in [2.75, 3.05) is 0 Å².